The van der Waals surface area contributed by atoms with Crippen molar-refractivity contribution in [2.45, 2.75) is 53.0 Å². The van der Waals surface area contributed by atoms with E-state index in [0.29, 0.717) is 6.07 Å². The van der Waals surface area contributed by atoms with Gasteiger partial charge in [0, 0.05) is 12.1 Å². The fourth-order valence-electron chi connectivity index (χ4n) is 5.44. The number of nitrogens with zero attached hydrogens (tertiary/aromatic N) is 1. The highest BCUT2D eigenvalue weighted by Crippen LogP contribution is 2.56. The standard InChI is InChI=1S/C24H19F8NO3S/c1-2-20(34)33-12-11-21(37(35,36)17-7-5-16(25)6-8-17)18-9-4-15(13-14(18)3-10-19(21)33)22(26,23(27,28)29)24(30,31)32/h2,4-9,13,19H,1,3,10-12H2/t19-,21-/m1/s1. The number of likely N-dealkylation sites (tertiary alicyclic amines) is 1. The zero-order chi connectivity index (χ0) is 27.6. The fraction of sp³-hybridized carbons (Fsp3) is 0.375. The average molecular weight is 553 g/mol. The van der Waals surface area contributed by atoms with Gasteiger partial charge in [-0.25, -0.2) is 17.2 Å². The topological polar surface area (TPSA) is 54.5 Å². The van der Waals surface area contributed by atoms with Crippen LogP contribution in [0.3, 0.4) is 0 Å². The molecule has 0 saturated carbocycles. The van der Waals surface area contributed by atoms with Gasteiger partial charge in [-0.3, -0.25) is 4.79 Å². The molecular formula is C24H19F8NO3S. The van der Waals surface area contributed by atoms with Crippen molar-refractivity contribution in [1.29, 1.82) is 0 Å². The number of halogens is 8. The van der Waals surface area contributed by atoms with Crippen LogP contribution < -0.4 is 0 Å². The summed E-state index contributed by atoms with van der Waals surface area (Å²) in [5, 5.41) is 0. The van der Waals surface area contributed by atoms with Crippen LogP contribution in [-0.4, -0.2) is 44.2 Å². The van der Waals surface area contributed by atoms with E-state index < -0.39 is 55.9 Å². The van der Waals surface area contributed by atoms with Gasteiger partial charge in [0.25, 0.3) is 0 Å². The monoisotopic (exact) mass is 553 g/mol. The Morgan fingerprint density at radius 2 is 1.59 bits per heavy atom. The molecule has 1 fully saturated rings. The van der Waals surface area contributed by atoms with Crippen molar-refractivity contribution in [2.75, 3.05) is 6.54 Å². The van der Waals surface area contributed by atoms with Crippen molar-refractivity contribution in [1.82, 2.24) is 4.90 Å². The van der Waals surface area contributed by atoms with E-state index in [1.165, 1.54) is 4.90 Å². The maximum absolute atomic E-state index is 14.8. The van der Waals surface area contributed by atoms with Gasteiger partial charge in [-0.1, -0.05) is 24.8 Å². The van der Waals surface area contributed by atoms with Crippen molar-refractivity contribution >= 4 is 15.7 Å². The predicted octanol–water partition coefficient (Wildman–Crippen LogP) is 5.52. The van der Waals surface area contributed by atoms with Crippen LogP contribution in [0.15, 0.2) is 60.0 Å². The fourth-order valence-corrected chi connectivity index (χ4v) is 7.80. The SMILES string of the molecule is C=CC(=O)N1CC[C@@]2(S(=O)(=O)c3ccc(F)cc3)c3ccc(C(F)(C(F)(F)F)C(F)(F)F)cc3CC[C@@H]12. The Hall–Kier alpha value is -2.96. The molecule has 4 nitrogen and oxygen atoms in total. The second kappa shape index (κ2) is 8.53. The number of carbonyl (C=O) groups excluding carboxylic acids is 1. The van der Waals surface area contributed by atoms with E-state index in [-0.39, 0.29) is 47.9 Å². The highest BCUT2D eigenvalue weighted by molar-refractivity contribution is 7.92. The maximum atomic E-state index is 14.8. The third-order valence-corrected chi connectivity index (χ3v) is 9.68. The van der Waals surface area contributed by atoms with Crippen molar-refractivity contribution in [3.05, 3.63) is 77.6 Å². The van der Waals surface area contributed by atoms with E-state index in [4.69, 9.17) is 0 Å². The lowest BCUT2D eigenvalue weighted by Gasteiger charge is -2.43. The van der Waals surface area contributed by atoms with Crippen LogP contribution >= 0.6 is 0 Å². The van der Waals surface area contributed by atoms with Gasteiger partial charge >= 0.3 is 18.0 Å². The van der Waals surface area contributed by atoms with Crippen LogP contribution in [-0.2, 0) is 31.5 Å². The van der Waals surface area contributed by atoms with Crippen LogP contribution in [0.1, 0.15) is 29.5 Å². The first-order valence-corrected chi connectivity index (χ1v) is 12.4. The van der Waals surface area contributed by atoms with Crippen molar-refractivity contribution < 1.29 is 48.3 Å². The summed E-state index contributed by atoms with van der Waals surface area (Å²) in [6, 6.07) is 4.12. The molecule has 1 heterocycles. The lowest BCUT2D eigenvalue weighted by Crippen LogP contribution is -2.52. The Labute approximate surface area is 206 Å². The van der Waals surface area contributed by atoms with Gasteiger partial charge < -0.3 is 4.90 Å². The number of fused-ring (bicyclic) bond motifs is 3. The second-order valence-corrected chi connectivity index (χ2v) is 11.1. The maximum Gasteiger partial charge on any atom is 0.435 e. The number of alkyl halides is 7. The van der Waals surface area contributed by atoms with Crippen molar-refractivity contribution in [2.24, 2.45) is 0 Å². The molecule has 2 atom stereocenters. The van der Waals surface area contributed by atoms with E-state index in [1.807, 2.05) is 0 Å². The summed E-state index contributed by atoms with van der Waals surface area (Å²) in [5.41, 5.74) is -7.77. The number of carbonyl (C=O) groups is 1. The molecule has 0 N–H and O–H groups in total. The minimum atomic E-state index is -6.34. The largest absolute Gasteiger partial charge is 0.435 e. The number of hydrogen-bond donors (Lipinski definition) is 0. The molecule has 0 bridgehead atoms. The van der Waals surface area contributed by atoms with Gasteiger partial charge in [-0.15, -0.1) is 0 Å². The third kappa shape index (κ3) is 3.76. The first kappa shape index (κ1) is 27.1. The highest BCUT2D eigenvalue weighted by Gasteiger charge is 2.73. The Morgan fingerprint density at radius 3 is 2.14 bits per heavy atom. The lowest BCUT2D eigenvalue weighted by atomic mass is 9.76. The Morgan fingerprint density at radius 1 is 1.00 bits per heavy atom. The molecule has 2 aromatic rings. The second-order valence-electron chi connectivity index (χ2n) is 8.91. The molecule has 4 rings (SSSR count). The number of hydrogen-bond acceptors (Lipinski definition) is 3. The summed E-state index contributed by atoms with van der Waals surface area (Å²) in [6.07, 6.45) is -12.3. The zero-order valence-electron chi connectivity index (χ0n) is 18.8. The molecule has 2 aliphatic rings. The Balaban J connectivity index is 1.97. The van der Waals surface area contributed by atoms with Gasteiger partial charge in [0.05, 0.1) is 10.9 Å². The molecule has 13 heteroatoms. The number of aryl methyl sites for hydroxylation is 1. The van der Waals surface area contributed by atoms with Gasteiger partial charge in [-0.2, -0.15) is 26.3 Å². The third-order valence-electron chi connectivity index (χ3n) is 7.13. The smallest absolute Gasteiger partial charge is 0.334 e. The van der Waals surface area contributed by atoms with E-state index >= 15 is 0 Å². The lowest BCUT2D eigenvalue weighted by molar-refractivity contribution is -0.348. The normalized spacial score (nSPS) is 22.4. The molecule has 1 aliphatic heterocycles. The summed E-state index contributed by atoms with van der Waals surface area (Å²) in [6.45, 7) is 3.29. The summed E-state index contributed by atoms with van der Waals surface area (Å²) < 4.78 is 134. The van der Waals surface area contributed by atoms with Crippen LogP contribution in [0.5, 0.6) is 0 Å². The van der Waals surface area contributed by atoms with E-state index in [9.17, 15) is 48.3 Å². The molecule has 1 amide bonds. The number of sulfone groups is 1. The molecule has 0 spiro atoms. The first-order chi connectivity index (χ1) is 17.0. The van der Waals surface area contributed by atoms with Crippen molar-refractivity contribution in [3.8, 4) is 0 Å². The molecule has 200 valence electrons. The molecule has 2 aromatic carbocycles. The first-order valence-electron chi connectivity index (χ1n) is 10.9. The molecule has 0 aromatic heterocycles. The summed E-state index contributed by atoms with van der Waals surface area (Å²) in [7, 11) is -4.50. The predicted molar refractivity (Wildman–Crippen MR) is 115 cm³/mol. The molecular weight excluding hydrogens is 534 g/mol. The average Bonchev–Trinajstić information content (AvgIpc) is 3.23. The molecule has 0 unspecified atom stereocenters. The Kier molecular flexibility index (Phi) is 6.25. The minimum absolute atomic E-state index is 0.102. The minimum Gasteiger partial charge on any atom is -0.334 e. The summed E-state index contributed by atoms with van der Waals surface area (Å²) in [4.78, 5) is 13.4. The van der Waals surface area contributed by atoms with Crippen LogP contribution in [0.25, 0.3) is 0 Å². The molecule has 1 saturated heterocycles. The van der Waals surface area contributed by atoms with Gasteiger partial charge in [0.2, 0.25) is 5.91 Å². The van der Waals surface area contributed by atoms with Gasteiger partial charge in [0.15, 0.2) is 9.84 Å². The molecule has 0 radical (unpaired) electrons. The summed E-state index contributed by atoms with van der Waals surface area (Å²) in [5.74, 6) is -1.35. The number of amides is 1. The van der Waals surface area contributed by atoms with Gasteiger partial charge in [-0.05, 0) is 60.7 Å². The van der Waals surface area contributed by atoms with Crippen molar-refractivity contribution in [3.63, 3.8) is 0 Å². The van der Waals surface area contributed by atoms with E-state index in [2.05, 4.69) is 6.58 Å². The van der Waals surface area contributed by atoms with Gasteiger partial charge in [0.1, 0.15) is 10.6 Å². The number of rotatable bonds is 4. The molecule has 1 aliphatic carbocycles. The van der Waals surface area contributed by atoms with Crippen LogP contribution in [0, 0.1) is 5.82 Å². The molecule has 37 heavy (non-hydrogen) atoms. The zero-order valence-corrected chi connectivity index (χ0v) is 19.7. The summed E-state index contributed by atoms with van der Waals surface area (Å²) >= 11 is 0. The van der Waals surface area contributed by atoms with E-state index in [0.717, 1.165) is 36.4 Å². The van der Waals surface area contributed by atoms with E-state index in [1.54, 1.807) is 0 Å². The highest BCUT2D eigenvalue weighted by atomic mass is 32.2. The van der Waals surface area contributed by atoms with Crippen LogP contribution in [0.2, 0.25) is 0 Å². The Bertz CT molecular complexity index is 1340. The number of benzene rings is 2. The van der Waals surface area contributed by atoms with Crippen LogP contribution in [0.4, 0.5) is 35.1 Å². The quantitative estimate of drug-likeness (QED) is 0.285.